The molecule has 33 heavy (non-hydrogen) atoms. The molecule has 3 rings (SSSR count). The average molecular weight is 474 g/mol. The summed E-state index contributed by atoms with van der Waals surface area (Å²) in [7, 11) is 2.20. The van der Waals surface area contributed by atoms with Gasteiger partial charge in [0.2, 0.25) is 5.91 Å². The Balaban J connectivity index is 2.14. The van der Waals surface area contributed by atoms with Crippen molar-refractivity contribution >= 4 is 23.3 Å². The third kappa shape index (κ3) is 4.91. The molecule has 13 heteroatoms. The number of aromatic nitrogens is 1. The van der Waals surface area contributed by atoms with E-state index in [2.05, 4.69) is 10.3 Å². The lowest BCUT2D eigenvalue weighted by Gasteiger charge is -2.37. The number of ether oxygens (including phenoxy) is 2. The second-order valence-electron chi connectivity index (χ2n) is 7.04. The van der Waals surface area contributed by atoms with Crippen LogP contribution < -0.4 is 24.6 Å². The highest BCUT2D eigenvalue weighted by Gasteiger charge is 2.42. The summed E-state index contributed by atoms with van der Waals surface area (Å²) in [6.45, 7) is -1.03. The van der Waals surface area contributed by atoms with Crippen LogP contribution in [0.25, 0.3) is 0 Å². The third-order valence-electron chi connectivity index (χ3n) is 4.78. The smallest absolute Gasteiger partial charge is 0.406 e. The first-order valence-electron chi connectivity index (χ1n) is 9.44. The minimum absolute atomic E-state index is 0.0866. The third-order valence-corrected chi connectivity index (χ3v) is 4.78. The van der Waals surface area contributed by atoms with Gasteiger partial charge < -0.3 is 14.8 Å². The molecule has 178 valence electrons. The summed E-state index contributed by atoms with van der Waals surface area (Å²) in [5.41, 5.74) is -0.764. The predicted molar refractivity (Wildman–Crippen MR) is 106 cm³/mol. The Labute approximate surface area is 184 Å². The number of urea groups is 1. The van der Waals surface area contributed by atoms with Gasteiger partial charge in [0.25, 0.3) is 0 Å². The second-order valence-corrected chi connectivity index (χ2v) is 7.04. The molecule has 1 aliphatic rings. The molecule has 0 aliphatic carbocycles. The van der Waals surface area contributed by atoms with Gasteiger partial charge in [-0.3, -0.25) is 19.6 Å². The van der Waals surface area contributed by atoms with Crippen molar-refractivity contribution in [3.63, 3.8) is 0 Å². The fourth-order valence-electron chi connectivity index (χ4n) is 3.30. The van der Waals surface area contributed by atoms with Crippen LogP contribution >= 0.6 is 0 Å². The SMILES string of the molecule is COc1cc(OC)c(F)c(N2Cc3cnc(CNC(C)=O)cc3N(CC(F)(F)F)C2=O)c1F. The number of halogens is 5. The summed E-state index contributed by atoms with van der Waals surface area (Å²) in [5, 5.41) is 2.45. The molecule has 1 aromatic carbocycles. The molecular formula is C20H19F5N4O4. The minimum Gasteiger partial charge on any atom is -0.493 e. The normalized spacial score (nSPS) is 13.6. The highest BCUT2D eigenvalue weighted by atomic mass is 19.4. The van der Waals surface area contributed by atoms with Gasteiger partial charge in [-0.2, -0.15) is 13.2 Å². The first kappa shape index (κ1) is 24.0. The first-order valence-corrected chi connectivity index (χ1v) is 9.44. The molecule has 0 saturated heterocycles. The number of hydrogen-bond acceptors (Lipinski definition) is 5. The van der Waals surface area contributed by atoms with Crippen LogP contribution in [0.15, 0.2) is 18.3 Å². The van der Waals surface area contributed by atoms with Crippen LogP contribution in [0.1, 0.15) is 18.2 Å². The molecule has 0 unspecified atom stereocenters. The maximum Gasteiger partial charge on any atom is 0.406 e. The van der Waals surface area contributed by atoms with Gasteiger partial charge in [-0.05, 0) is 6.07 Å². The van der Waals surface area contributed by atoms with Crippen LogP contribution in [0.4, 0.5) is 38.1 Å². The van der Waals surface area contributed by atoms with Crippen LogP contribution in [0.5, 0.6) is 11.5 Å². The Morgan fingerprint density at radius 1 is 1.15 bits per heavy atom. The number of nitrogens with zero attached hydrogens (tertiary/aromatic N) is 3. The molecular weight excluding hydrogens is 455 g/mol. The number of methoxy groups -OCH3 is 2. The van der Waals surface area contributed by atoms with Crippen LogP contribution in [0, 0.1) is 11.6 Å². The fourth-order valence-corrected chi connectivity index (χ4v) is 3.30. The number of amides is 3. The van der Waals surface area contributed by atoms with Gasteiger partial charge in [-0.15, -0.1) is 0 Å². The number of anilines is 2. The van der Waals surface area contributed by atoms with Gasteiger partial charge in [-0.25, -0.2) is 13.6 Å². The van der Waals surface area contributed by atoms with E-state index in [4.69, 9.17) is 9.47 Å². The lowest BCUT2D eigenvalue weighted by Crippen LogP contribution is -2.51. The minimum atomic E-state index is -4.82. The number of benzene rings is 1. The lowest BCUT2D eigenvalue weighted by molar-refractivity contribution is -0.119. The van der Waals surface area contributed by atoms with E-state index in [-0.39, 0.29) is 29.4 Å². The topological polar surface area (TPSA) is 84.0 Å². The largest absolute Gasteiger partial charge is 0.493 e. The first-order chi connectivity index (χ1) is 15.5. The molecule has 1 N–H and O–H groups in total. The fraction of sp³-hybridized carbons (Fsp3) is 0.350. The monoisotopic (exact) mass is 474 g/mol. The van der Waals surface area contributed by atoms with Gasteiger partial charge in [0.15, 0.2) is 23.1 Å². The van der Waals surface area contributed by atoms with Gasteiger partial charge in [-0.1, -0.05) is 0 Å². The number of fused-ring (bicyclic) bond motifs is 1. The Kier molecular flexibility index (Phi) is 6.60. The number of hydrogen-bond donors (Lipinski definition) is 1. The van der Waals surface area contributed by atoms with Crippen molar-refractivity contribution in [1.29, 1.82) is 0 Å². The van der Waals surface area contributed by atoms with Crippen molar-refractivity contribution in [2.45, 2.75) is 26.2 Å². The number of carbonyl (C=O) groups is 2. The van der Waals surface area contributed by atoms with Gasteiger partial charge in [0, 0.05) is 24.8 Å². The molecule has 0 spiro atoms. The molecule has 0 radical (unpaired) electrons. The Morgan fingerprint density at radius 2 is 1.76 bits per heavy atom. The van der Waals surface area contributed by atoms with Crippen LogP contribution in [-0.4, -0.2) is 43.9 Å². The number of alkyl halides is 3. The molecule has 0 atom stereocenters. The summed E-state index contributed by atoms with van der Waals surface area (Å²) in [6, 6.07) is 0.815. The quantitative estimate of drug-likeness (QED) is 0.648. The van der Waals surface area contributed by atoms with E-state index >= 15 is 0 Å². The Bertz CT molecular complexity index is 1060. The zero-order valence-corrected chi connectivity index (χ0v) is 17.7. The second kappa shape index (κ2) is 9.08. The standard InChI is InChI=1S/C20H19F5N4O4/c1-10(30)26-7-12-4-13-11(6-27-12)8-28(19(31)29(13)9-20(23,24)25)18-16(21)14(32-2)5-15(33-3)17(18)22/h4-6H,7-9H2,1-3H3,(H,26,30). The average Bonchev–Trinajstić information content (AvgIpc) is 2.74. The molecule has 1 aliphatic heterocycles. The van der Waals surface area contributed by atoms with Crippen molar-refractivity contribution in [2.75, 3.05) is 30.6 Å². The summed E-state index contributed by atoms with van der Waals surface area (Å²) in [4.78, 5) is 29.2. The van der Waals surface area contributed by atoms with Crippen molar-refractivity contribution in [1.82, 2.24) is 10.3 Å². The molecule has 1 aromatic heterocycles. The zero-order chi connectivity index (χ0) is 24.5. The Hall–Kier alpha value is -3.64. The summed E-state index contributed by atoms with van der Waals surface area (Å²) >= 11 is 0. The predicted octanol–water partition coefficient (Wildman–Crippen LogP) is 3.52. The maximum absolute atomic E-state index is 15.0. The number of nitrogens with one attached hydrogen (secondary N) is 1. The molecule has 3 amide bonds. The van der Waals surface area contributed by atoms with E-state index in [1.54, 1.807) is 0 Å². The van der Waals surface area contributed by atoms with Crippen molar-refractivity contribution < 1.29 is 41.0 Å². The van der Waals surface area contributed by atoms with Crippen LogP contribution in [0.3, 0.4) is 0 Å². The van der Waals surface area contributed by atoms with E-state index in [1.807, 2.05) is 0 Å². The highest BCUT2D eigenvalue weighted by Crippen LogP contribution is 2.41. The van der Waals surface area contributed by atoms with E-state index in [1.165, 1.54) is 19.2 Å². The van der Waals surface area contributed by atoms with E-state index in [9.17, 15) is 31.5 Å². The molecule has 0 bridgehead atoms. The van der Waals surface area contributed by atoms with Crippen molar-refractivity contribution in [3.8, 4) is 11.5 Å². The van der Waals surface area contributed by atoms with Gasteiger partial charge in [0.1, 0.15) is 12.2 Å². The van der Waals surface area contributed by atoms with Crippen LogP contribution in [0.2, 0.25) is 0 Å². The molecule has 0 fully saturated rings. The van der Waals surface area contributed by atoms with Gasteiger partial charge >= 0.3 is 12.2 Å². The Morgan fingerprint density at radius 3 is 2.27 bits per heavy atom. The van der Waals surface area contributed by atoms with E-state index in [0.717, 1.165) is 20.3 Å². The molecule has 2 aromatic rings. The van der Waals surface area contributed by atoms with Crippen molar-refractivity contribution in [3.05, 3.63) is 41.2 Å². The summed E-state index contributed by atoms with van der Waals surface area (Å²) in [5.74, 6) is -3.88. The molecule has 2 heterocycles. The number of pyridine rings is 1. The molecule has 0 saturated carbocycles. The number of rotatable bonds is 6. The summed E-state index contributed by atoms with van der Waals surface area (Å²) < 4.78 is 79.6. The maximum atomic E-state index is 15.0. The van der Waals surface area contributed by atoms with Crippen molar-refractivity contribution in [2.24, 2.45) is 0 Å². The van der Waals surface area contributed by atoms with Gasteiger partial charge in [0.05, 0.1) is 38.7 Å². The summed E-state index contributed by atoms with van der Waals surface area (Å²) in [6.07, 6.45) is -3.64. The highest BCUT2D eigenvalue weighted by molar-refractivity contribution is 6.06. The lowest BCUT2D eigenvalue weighted by atomic mass is 10.1. The number of carbonyl (C=O) groups excluding carboxylic acids is 2. The van der Waals surface area contributed by atoms with Crippen LogP contribution in [-0.2, 0) is 17.9 Å². The molecule has 8 nitrogen and oxygen atoms in total. The van der Waals surface area contributed by atoms with E-state index in [0.29, 0.717) is 9.80 Å². The van der Waals surface area contributed by atoms with E-state index < -0.39 is 54.1 Å². The zero-order valence-electron chi connectivity index (χ0n) is 17.7.